The fourth-order valence-electron chi connectivity index (χ4n) is 3.06. The van der Waals surface area contributed by atoms with Gasteiger partial charge in [0.2, 0.25) is 0 Å². The average Bonchev–Trinajstić information content (AvgIpc) is 2.97. The molecule has 0 atom stereocenters. The number of aryl methyl sites for hydroxylation is 2. The number of anilines is 2. The normalized spacial score (nSPS) is 10.5. The third-order valence-electron chi connectivity index (χ3n) is 4.72. The average molecular weight is 426 g/mol. The lowest BCUT2D eigenvalue weighted by Crippen LogP contribution is -2.20. The Labute approximate surface area is 180 Å². The van der Waals surface area contributed by atoms with E-state index in [9.17, 15) is 10.1 Å². The predicted octanol–water partition coefficient (Wildman–Crippen LogP) is 4.58. The highest BCUT2D eigenvalue weighted by Crippen LogP contribution is 2.29. The van der Waals surface area contributed by atoms with Crippen molar-refractivity contribution in [3.8, 4) is 5.75 Å². The zero-order chi connectivity index (χ0) is 21.8. The fourth-order valence-corrected chi connectivity index (χ4v) is 3.27. The van der Waals surface area contributed by atoms with Crippen molar-refractivity contribution in [1.29, 1.82) is 0 Å². The molecule has 3 rings (SSSR count). The Morgan fingerprint density at radius 3 is 2.50 bits per heavy atom. The van der Waals surface area contributed by atoms with Crippen molar-refractivity contribution in [3.05, 3.63) is 75.1 Å². The minimum Gasteiger partial charge on any atom is -0.494 e. The van der Waals surface area contributed by atoms with Crippen LogP contribution in [-0.2, 0) is 6.54 Å². The van der Waals surface area contributed by atoms with E-state index in [-0.39, 0.29) is 5.69 Å². The third-order valence-corrected chi connectivity index (χ3v) is 4.92. The molecule has 0 saturated carbocycles. The van der Waals surface area contributed by atoms with Crippen LogP contribution in [0.4, 0.5) is 17.1 Å². The van der Waals surface area contributed by atoms with Gasteiger partial charge in [-0.25, -0.2) is 0 Å². The molecule has 0 fully saturated rings. The number of nitrogens with one attached hydrogen (secondary N) is 2. The maximum atomic E-state index is 11.0. The van der Waals surface area contributed by atoms with Crippen LogP contribution in [0.2, 0.25) is 0 Å². The van der Waals surface area contributed by atoms with Crippen molar-refractivity contribution < 1.29 is 9.66 Å². The van der Waals surface area contributed by atoms with Crippen LogP contribution in [-0.4, -0.2) is 26.9 Å². The number of hydrogen-bond acceptors (Lipinski definition) is 5. The summed E-state index contributed by atoms with van der Waals surface area (Å²) in [7, 11) is 1.45. The molecule has 0 saturated heterocycles. The molecular weight excluding hydrogens is 402 g/mol. The number of benzene rings is 2. The van der Waals surface area contributed by atoms with Gasteiger partial charge in [0.25, 0.3) is 5.69 Å². The van der Waals surface area contributed by atoms with E-state index >= 15 is 0 Å². The van der Waals surface area contributed by atoms with Gasteiger partial charge in [0, 0.05) is 6.07 Å². The van der Waals surface area contributed by atoms with Crippen LogP contribution in [0, 0.1) is 30.9 Å². The lowest BCUT2D eigenvalue weighted by molar-refractivity contribution is -0.384. The predicted molar refractivity (Wildman–Crippen MR) is 121 cm³/mol. The van der Waals surface area contributed by atoms with Gasteiger partial charge in [0.1, 0.15) is 5.75 Å². The number of methoxy groups -OCH3 is 1. The highest BCUT2D eigenvalue weighted by atomic mass is 32.1. The zero-order valence-electron chi connectivity index (χ0n) is 17.2. The highest BCUT2D eigenvalue weighted by Gasteiger charge is 2.15. The monoisotopic (exact) mass is 425 g/mol. The first kappa shape index (κ1) is 21.3. The molecule has 0 unspecified atom stereocenters. The van der Waals surface area contributed by atoms with E-state index in [1.165, 1.54) is 24.8 Å². The quantitative estimate of drug-likeness (QED) is 0.339. The van der Waals surface area contributed by atoms with Crippen LogP contribution in [0.5, 0.6) is 5.75 Å². The number of aromatic nitrogens is 2. The maximum absolute atomic E-state index is 11.0. The molecule has 30 heavy (non-hydrogen) atoms. The van der Waals surface area contributed by atoms with E-state index in [1.54, 1.807) is 6.07 Å². The van der Waals surface area contributed by atoms with Gasteiger partial charge in [0.15, 0.2) is 5.11 Å². The standard InChI is InChI=1S/C21H23N5O3S/c1-13-5-7-16(8-6-13)12-25-15(3)20(14(2)24-25)23-21(30)22-18-10-9-17(26(27)28)11-19(18)29-4/h5-11H,12H2,1-4H3,(H2,22,23,30). The van der Waals surface area contributed by atoms with Crippen molar-refractivity contribution in [2.45, 2.75) is 27.3 Å². The molecule has 156 valence electrons. The Bertz CT molecular complexity index is 1090. The molecule has 0 aliphatic carbocycles. The minimum atomic E-state index is -0.474. The molecule has 0 spiro atoms. The van der Waals surface area contributed by atoms with Gasteiger partial charge in [-0.1, -0.05) is 29.8 Å². The molecule has 9 heteroatoms. The second-order valence-corrected chi connectivity index (χ2v) is 7.32. The first-order valence-corrected chi connectivity index (χ1v) is 9.69. The van der Waals surface area contributed by atoms with Crippen LogP contribution < -0.4 is 15.4 Å². The molecule has 0 amide bonds. The van der Waals surface area contributed by atoms with Crippen molar-refractivity contribution in [2.75, 3.05) is 17.7 Å². The molecule has 0 bridgehead atoms. The Balaban J connectivity index is 1.75. The molecular formula is C21H23N5O3S. The largest absolute Gasteiger partial charge is 0.494 e. The second-order valence-electron chi connectivity index (χ2n) is 6.91. The van der Waals surface area contributed by atoms with Gasteiger partial charge in [-0.05, 0) is 44.6 Å². The molecule has 2 N–H and O–H groups in total. The first-order chi connectivity index (χ1) is 14.3. The second kappa shape index (κ2) is 8.91. The van der Waals surface area contributed by atoms with Gasteiger partial charge in [-0.3, -0.25) is 14.8 Å². The number of ether oxygens (including phenoxy) is 1. The lowest BCUT2D eigenvalue weighted by Gasteiger charge is -2.14. The summed E-state index contributed by atoms with van der Waals surface area (Å²) in [4.78, 5) is 10.5. The molecule has 1 aromatic heterocycles. The number of nitrogens with zero attached hydrogens (tertiary/aromatic N) is 3. The molecule has 2 aromatic carbocycles. The van der Waals surface area contributed by atoms with E-state index in [0.717, 1.165) is 22.6 Å². The summed E-state index contributed by atoms with van der Waals surface area (Å²) in [5.74, 6) is 0.330. The zero-order valence-corrected chi connectivity index (χ0v) is 18.0. The number of nitro benzene ring substituents is 1. The number of thiocarbonyl (C=S) groups is 1. The number of hydrogen-bond donors (Lipinski definition) is 2. The summed E-state index contributed by atoms with van der Waals surface area (Å²) in [6.07, 6.45) is 0. The Morgan fingerprint density at radius 1 is 1.17 bits per heavy atom. The Hall–Kier alpha value is -3.46. The van der Waals surface area contributed by atoms with Crippen molar-refractivity contribution >= 4 is 34.4 Å². The van der Waals surface area contributed by atoms with Gasteiger partial charge in [0.05, 0.1) is 47.4 Å². The topological polar surface area (TPSA) is 94.2 Å². The molecule has 8 nitrogen and oxygen atoms in total. The first-order valence-electron chi connectivity index (χ1n) is 9.28. The molecule has 3 aromatic rings. The Kier molecular flexibility index (Phi) is 6.31. The van der Waals surface area contributed by atoms with Gasteiger partial charge < -0.3 is 15.4 Å². The van der Waals surface area contributed by atoms with Crippen LogP contribution in [0.1, 0.15) is 22.5 Å². The summed E-state index contributed by atoms with van der Waals surface area (Å²) in [6, 6.07) is 12.6. The summed E-state index contributed by atoms with van der Waals surface area (Å²) in [6.45, 7) is 6.61. The van der Waals surface area contributed by atoms with E-state index in [2.05, 4.69) is 46.9 Å². The molecule has 0 aliphatic heterocycles. The maximum Gasteiger partial charge on any atom is 0.273 e. The summed E-state index contributed by atoms with van der Waals surface area (Å²) < 4.78 is 7.17. The SMILES string of the molecule is COc1cc([N+](=O)[O-])ccc1NC(=S)Nc1c(C)nn(Cc2ccc(C)cc2)c1C. The van der Waals surface area contributed by atoms with Crippen molar-refractivity contribution in [1.82, 2.24) is 9.78 Å². The summed E-state index contributed by atoms with van der Waals surface area (Å²) in [5.41, 5.74) is 5.44. The number of nitro groups is 1. The molecule has 0 aliphatic rings. The van der Waals surface area contributed by atoms with E-state index in [1.807, 2.05) is 18.5 Å². The van der Waals surface area contributed by atoms with Gasteiger partial charge in [-0.2, -0.15) is 5.10 Å². The van der Waals surface area contributed by atoms with Crippen LogP contribution in [0.3, 0.4) is 0 Å². The lowest BCUT2D eigenvalue weighted by atomic mass is 10.1. The number of non-ortho nitro benzene ring substituents is 1. The smallest absolute Gasteiger partial charge is 0.273 e. The van der Waals surface area contributed by atoms with Gasteiger partial charge in [-0.15, -0.1) is 0 Å². The summed E-state index contributed by atoms with van der Waals surface area (Å²) >= 11 is 5.43. The fraction of sp³-hybridized carbons (Fsp3) is 0.238. The molecule has 0 radical (unpaired) electrons. The number of rotatable bonds is 6. The van der Waals surface area contributed by atoms with Crippen molar-refractivity contribution in [3.63, 3.8) is 0 Å². The van der Waals surface area contributed by atoms with Crippen LogP contribution in [0.25, 0.3) is 0 Å². The van der Waals surface area contributed by atoms with E-state index < -0.39 is 4.92 Å². The van der Waals surface area contributed by atoms with Crippen LogP contribution in [0.15, 0.2) is 42.5 Å². The molecule has 1 heterocycles. The van der Waals surface area contributed by atoms with Gasteiger partial charge >= 0.3 is 0 Å². The Morgan fingerprint density at radius 2 is 1.87 bits per heavy atom. The van der Waals surface area contributed by atoms with E-state index in [4.69, 9.17) is 17.0 Å². The van der Waals surface area contributed by atoms with E-state index in [0.29, 0.717) is 23.1 Å². The third kappa shape index (κ3) is 4.74. The highest BCUT2D eigenvalue weighted by molar-refractivity contribution is 7.80. The summed E-state index contributed by atoms with van der Waals surface area (Å²) in [5, 5.41) is 22.1. The van der Waals surface area contributed by atoms with Crippen LogP contribution >= 0.6 is 12.2 Å². The van der Waals surface area contributed by atoms with Crippen molar-refractivity contribution in [2.24, 2.45) is 0 Å². The minimum absolute atomic E-state index is 0.0552.